The Hall–Kier alpha value is -1.94. The molecule has 29 heavy (non-hydrogen) atoms. The second-order valence-corrected chi connectivity index (χ2v) is 6.87. The second kappa shape index (κ2) is 15.0. The van der Waals surface area contributed by atoms with Gasteiger partial charge in [-0.3, -0.25) is 19.7 Å². The lowest BCUT2D eigenvalue weighted by Crippen LogP contribution is -2.50. The number of hydrogen-bond acceptors (Lipinski definition) is 6. The number of nitrogens with zero attached hydrogens (tertiary/aromatic N) is 1. The van der Waals surface area contributed by atoms with Crippen molar-refractivity contribution < 1.29 is 14.5 Å². The molecular weight excluding hydrogens is 421 g/mol. The van der Waals surface area contributed by atoms with Crippen LogP contribution < -0.4 is 22.1 Å². The van der Waals surface area contributed by atoms with Crippen LogP contribution in [0.25, 0.3) is 0 Å². The van der Waals surface area contributed by atoms with Crippen LogP contribution in [-0.4, -0.2) is 35.4 Å². The number of nitrogens with two attached hydrogens (primary N) is 2. The van der Waals surface area contributed by atoms with Gasteiger partial charge in [0, 0.05) is 17.8 Å². The SMILES string of the molecule is CC(C)C[C@H](N)C(=O)N[C@@H](CCCCN)C(=O)Nc1ccc([N+](=O)[O-])cc1.Cl.Cl. The highest BCUT2D eigenvalue weighted by molar-refractivity contribution is 5.97. The Morgan fingerprint density at radius 2 is 1.69 bits per heavy atom. The molecular formula is C18H31Cl2N5O4. The molecule has 0 bridgehead atoms. The first-order valence-electron chi connectivity index (χ1n) is 9.06. The molecule has 1 rings (SSSR count). The molecule has 1 aromatic rings. The zero-order chi connectivity index (χ0) is 20.4. The minimum Gasteiger partial charge on any atom is -0.343 e. The predicted molar refractivity (Wildman–Crippen MR) is 118 cm³/mol. The summed E-state index contributed by atoms with van der Waals surface area (Å²) in [6.45, 7) is 4.43. The van der Waals surface area contributed by atoms with E-state index >= 15 is 0 Å². The zero-order valence-electron chi connectivity index (χ0n) is 16.6. The Kier molecular flexibility index (Phi) is 15.1. The highest BCUT2D eigenvalue weighted by atomic mass is 35.5. The molecule has 0 saturated heterocycles. The van der Waals surface area contributed by atoms with E-state index in [9.17, 15) is 19.7 Å². The van der Waals surface area contributed by atoms with Gasteiger partial charge >= 0.3 is 0 Å². The minimum atomic E-state index is -0.752. The molecule has 1 aromatic carbocycles. The number of non-ortho nitro benzene ring substituents is 1. The van der Waals surface area contributed by atoms with E-state index in [4.69, 9.17) is 11.5 Å². The number of carbonyl (C=O) groups excluding carboxylic acids is 2. The summed E-state index contributed by atoms with van der Waals surface area (Å²) >= 11 is 0. The summed E-state index contributed by atoms with van der Waals surface area (Å²) in [6, 6.07) is 4.05. The van der Waals surface area contributed by atoms with E-state index in [1.807, 2.05) is 13.8 Å². The first-order chi connectivity index (χ1) is 12.7. The van der Waals surface area contributed by atoms with Crippen LogP contribution in [-0.2, 0) is 9.59 Å². The van der Waals surface area contributed by atoms with Gasteiger partial charge in [-0.15, -0.1) is 24.8 Å². The highest BCUT2D eigenvalue weighted by Gasteiger charge is 2.24. The normalized spacial score (nSPS) is 12.2. The van der Waals surface area contributed by atoms with Crippen molar-refractivity contribution in [3.63, 3.8) is 0 Å². The molecule has 0 unspecified atom stereocenters. The third kappa shape index (κ3) is 11.0. The first-order valence-corrected chi connectivity index (χ1v) is 9.06. The number of anilines is 1. The fourth-order valence-corrected chi connectivity index (χ4v) is 2.55. The van der Waals surface area contributed by atoms with Gasteiger partial charge in [0.25, 0.3) is 5.69 Å². The van der Waals surface area contributed by atoms with Crippen LogP contribution >= 0.6 is 24.8 Å². The predicted octanol–water partition coefficient (Wildman–Crippen LogP) is 2.36. The minimum absolute atomic E-state index is 0. The van der Waals surface area contributed by atoms with Gasteiger partial charge in [-0.1, -0.05) is 13.8 Å². The number of nitro benzene ring substituents is 1. The summed E-state index contributed by atoms with van der Waals surface area (Å²) in [4.78, 5) is 35.0. The van der Waals surface area contributed by atoms with Crippen molar-refractivity contribution in [3.8, 4) is 0 Å². The lowest BCUT2D eigenvalue weighted by Gasteiger charge is -2.21. The monoisotopic (exact) mass is 451 g/mol. The zero-order valence-corrected chi connectivity index (χ0v) is 18.3. The average Bonchev–Trinajstić information content (AvgIpc) is 2.60. The molecule has 0 saturated carbocycles. The van der Waals surface area contributed by atoms with Gasteiger partial charge in [0.1, 0.15) is 6.04 Å². The quantitative estimate of drug-likeness (QED) is 0.230. The van der Waals surface area contributed by atoms with Crippen LogP contribution in [0.1, 0.15) is 39.5 Å². The molecule has 0 heterocycles. The van der Waals surface area contributed by atoms with E-state index < -0.39 is 22.9 Å². The molecule has 2 amide bonds. The van der Waals surface area contributed by atoms with Crippen LogP contribution in [0, 0.1) is 16.0 Å². The Labute approximate surface area is 183 Å². The van der Waals surface area contributed by atoms with Crippen molar-refractivity contribution in [2.75, 3.05) is 11.9 Å². The molecule has 9 nitrogen and oxygen atoms in total. The number of halogens is 2. The number of amides is 2. The van der Waals surface area contributed by atoms with E-state index in [-0.39, 0.29) is 42.3 Å². The van der Waals surface area contributed by atoms with E-state index in [1.54, 1.807) is 0 Å². The average molecular weight is 452 g/mol. The number of rotatable bonds is 11. The van der Waals surface area contributed by atoms with Gasteiger partial charge in [0.15, 0.2) is 0 Å². The number of hydrogen-bond donors (Lipinski definition) is 4. The summed E-state index contributed by atoms with van der Waals surface area (Å²) in [5, 5.41) is 16.1. The van der Waals surface area contributed by atoms with Gasteiger partial charge in [-0.25, -0.2) is 0 Å². The number of nitrogens with one attached hydrogen (secondary N) is 2. The maximum Gasteiger partial charge on any atom is 0.269 e. The summed E-state index contributed by atoms with van der Waals surface area (Å²) < 4.78 is 0. The van der Waals surface area contributed by atoms with Gasteiger partial charge in [0.2, 0.25) is 11.8 Å². The third-order valence-electron chi connectivity index (χ3n) is 3.99. The topological polar surface area (TPSA) is 153 Å². The summed E-state index contributed by atoms with van der Waals surface area (Å²) in [5.74, 6) is -0.512. The van der Waals surface area contributed by atoms with Crippen LogP contribution in [0.5, 0.6) is 0 Å². The van der Waals surface area contributed by atoms with Crippen molar-refractivity contribution in [2.24, 2.45) is 17.4 Å². The first kappa shape index (κ1) is 29.3. The van der Waals surface area contributed by atoms with Crippen molar-refractivity contribution in [2.45, 2.75) is 51.6 Å². The molecule has 166 valence electrons. The van der Waals surface area contributed by atoms with E-state index in [1.165, 1.54) is 24.3 Å². The summed E-state index contributed by atoms with van der Waals surface area (Å²) in [6.07, 6.45) is 2.35. The van der Waals surface area contributed by atoms with Crippen LogP contribution in [0.2, 0.25) is 0 Å². The lowest BCUT2D eigenvalue weighted by atomic mass is 10.0. The second-order valence-electron chi connectivity index (χ2n) is 6.87. The lowest BCUT2D eigenvalue weighted by molar-refractivity contribution is -0.384. The Morgan fingerprint density at radius 3 is 2.17 bits per heavy atom. The van der Waals surface area contributed by atoms with Crippen molar-refractivity contribution in [3.05, 3.63) is 34.4 Å². The van der Waals surface area contributed by atoms with Crippen molar-refractivity contribution in [1.29, 1.82) is 0 Å². The maximum absolute atomic E-state index is 12.6. The van der Waals surface area contributed by atoms with Crippen LogP contribution in [0.4, 0.5) is 11.4 Å². The number of unbranched alkanes of at least 4 members (excludes halogenated alkanes) is 1. The van der Waals surface area contributed by atoms with Crippen molar-refractivity contribution in [1.82, 2.24) is 5.32 Å². The molecule has 0 spiro atoms. The van der Waals surface area contributed by atoms with Crippen molar-refractivity contribution >= 4 is 48.0 Å². The Balaban J connectivity index is 0. The molecule has 6 N–H and O–H groups in total. The molecule has 11 heteroatoms. The summed E-state index contributed by atoms with van der Waals surface area (Å²) in [5.41, 5.74) is 11.7. The highest BCUT2D eigenvalue weighted by Crippen LogP contribution is 2.16. The maximum atomic E-state index is 12.6. The number of carbonyl (C=O) groups is 2. The molecule has 0 aromatic heterocycles. The fraction of sp³-hybridized carbons (Fsp3) is 0.556. The molecule has 0 aliphatic rings. The standard InChI is InChI=1S/C18H29N5O4.2ClH/c1-12(2)11-15(20)17(24)22-16(5-3-4-10-19)18(25)21-13-6-8-14(9-7-13)23(26)27;;/h6-9,12,15-16H,3-5,10-11,19-20H2,1-2H3,(H,21,25)(H,22,24);2*1H/t15-,16-;;/m0../s1. The Bertz CT molecular complexity index is 644. The smallest absolute Gasteiger partial charge is 0.269 e. The molecule has 0 aliphatic carbocycles. The largest absolute Gasteiger partial charge is 0.343 e. The third-order valence-corrected chi connectivity index (χ3v) is 3.99. The van der Waals surface area contributed by atoms with Gasteiger partial charge in [0.05, 0.1) is 11.0 Å². The van der Waals surface area contributed by atoms with Gasteiger partial charge in [-0.2, -0.15) is 0 Å². The molecule has 0 aliphatic heterocycles. The number of benzene rings is 1. The molecule has 0 radical (unpaired) electrons. The molecule has 2 atom stereocenters. The van der Waals surface area contributed by atoms with E-state index in [0.717, 1.165) is 6.42 Å². The fourth-order valence-electron chi connectivity index (χ4n) is 2.55. The van der Waals surface area contributed by atoms with E-state index in [2.05, 4.69) is 10.6 Å². The van der Waals surface area contributed by atoms with Gasteiger partial charge < -0.3 is 22.1 Å². The van der Waals surface area contributed by atoms with E-state index in [0.29, 0.717) is 31.5 Å². The number of nitro groups is 1. The van der Waals surface area contributed by atoms with Crippen LogP contribution in [0.15, 0.2) is 24.3 Å². The molecule has 0 fully saturated rings. The van der Waals surface area contributed by atoms with Crippen LogP contribution in [0.3, 0.4) is 0 Å². The van der Waals surface area contributed by atoms with Gasteiger partial charge in [-0.05, 0) is 50.3 Å². The Morgan fingerprint density at radius 1 is 1.10 bits per heavy atom. The summed E-state index contributed by atoms with van der Waals surface area (Å²) in [7, 11) is 0.